The predicted octanol–water partition coefficient (Wildman–Crippen LogP) is 3.30. The maximum absolute atomic E-state index is 13.4. The number of rotatable bonds is 5. The number of halogens is 2. The van der Waals surface area contributed by atoms with Gasteiger partial charge in [0.2, 0.25) is 5.89 Å². The third-order valence-electron chi connectivity index (χ3n) is 3.57. The largest absolute Gasteiger partial charge is 0.339 e. The third kappa shape index (κ3) is 3.56. The second kappa shape index (κ2) is 6.77. The van der Waals surface area contributed by atoms with Gasteiger partial charge in [-0.15, -0.1) is 24.2 Å². The minimum atomic E-state index is -0.388. The summed E-state index contributed by atoms with van der Waals surface area (Å²) in [5.41, 5.74) is 5.75. The molecule has 7 heteroatoms. The Morgan fingerprint density at radius 2 is 2.10 bits per heavy atom. The summed E-state index contributed by atoms with van der Waals surface area (Å²) in [6, 6.07) is 6.73. The molecule has 0 radical (unpaired) electrons. The highest BCUT2D eigenvalue weighted by molar-refractivity contribution is 7.99. The van der Waals surface area contributed by atoms with Crippen molar-refractivity contribution in [3.63, 3.8) is 0 Å². The van der Waals surface area contributed by atoms with Gasteiger partial charge in [-0.1, -0.05) is 17.3 Å². The van der Waals surface area contributed by atoms with E-state index in [1.54, 1.807) is 12.1 Å². The van der Waals surface area contributed by atoms with Gasteiger partial charge in [-0.3, -0.25) is 0 Å². The standard InChI is InChI=1S/C14H16FN3OS.ClH/c15-10-4-1-2-5-11(10)20-9-6-12-17-13(18-19-12)14(16)7-3-8-14;/h1-2,4-5H,3,6-9,16H2;1H. The molecule has 1 heterocycles. The fourth-order valence-electron chi connectivity index (χ4n) is 2.15. The number of nitrogens with two attached hydrogens (primary N) is 1. The van der Waals surface area contributed by atoms with E-state index >= 15 is 0 Å². The highest BCUT2D eigenvalue weighted by atomic mass is 35.5. The molecule has 0 amide bonds. The summed E-state index contributed by atoms with van der Waals surface area (Å²) in [7, 11) is 0. The van der Waals surface area contributed by atoms with E-state index in [-0.39, 0.29) is 23.8 Å². The van der Waals surface area contributed by atoms with Crippen LogP contribution >= 0.6 is 24.2 Å². The Bertz CT molecular complexity index is 603. The van der Waals surface area contributed by atoms with Crippen LogP contribution in [0.4, 0.5) is 4.39 Å². The van der Waals surface area contributed by atoms with Gasteiger partial charge in [-0.05, 0) is 31.4 Å². The molecule has 0 aliphatic heterocycles. The Labute approximate surface area is 133 Å². The molecule has 0 unspecified atom stereocenters. The zero-order valence-corrected chi connectivity index (χ0v) is 13.1. The van der Waals surface area contributed by atoms with E-state index in [9.17, 15) is 4.39 Å². The lowest BCUT2D eigenvalue weighted by Crippen LogP contribution is -2.44. The zero-order chi connectivity index (χ0) is 14.0. The van der Waals surface area contributed by atoms with E-state index in [1.165, 1.54) is 17.8 Å². The lowest BCUT2D eigenvalue weighted by molar-refractivity contribution is 0.229. The van der Waals surface area contributed by atoms with E-state index in [0.717, 1.165) is 19.3 Å². The van der Waals surface area contributed by atoms with Gasteiger partial charge >= 0.3 is 0 Å². The van der Waals surface area contributed by atoms with Crippen LogP contribution in [0.1, 0.15) is 31.0 Å². The minimum absolute atomic E-state index is 0. The van der Waals surface area contributed by atoms with Crippen LogP contribution in [0.25, 0.3) is 0 Å². The van der Waals surface area contributed by atoms with Crippen molar-refractivity contribution in [1.82, 2.24) is 10.1 Å². The van der Waals surface area contributed by atoms with Gasteiger partial charge in [-0.2, -0.15) is 4.98 Å². The number of thioether (sulfide) groups is 1. The Morgan fingerprint density at radius 3 is 2.76 bits per heavy atom. The molecule has 2 N–H and O–H groups in total. The van der Waals surface area contributed by atoms with Crippen molar-refractivity contribution in [3.05, 3.63) is 41.8 Å². The van der Waals surface area contributed by atoms with Crippen molar-refractivity contribution in [2.45, 2.75) is 36.1 Å². The van der Waals surface area contributed by atoms with Gasteiger partial charge in [0, 0.05) is 17.1 Å². The molecule has 0 atom stereocenters. The number of aryl methyl sites for hydroxylation is 1. The molecule has 1 aliphatic carbocycles. The van der Waals surface area contributed by atoms with E-state index in [0.29, 0.717) is 28.8 Å². The molecule has 1 aromatic heterocycles. The van der Waals surface area contributed by atoms with Gasteiger partial charge < -0.3 is 10.3 Å². The highest BCUT2D eigenvalue weighted by Gasteiger charge is 2.38. The molecule has 0 bridgehead atoms. The van der Waals surface area contributed by atoms with Gasteiger partial charge in [0.25, 0.3) is 0 Å². The summed E-state index contributed by atoms with van der Waals surface area (Å²) in [6.45, 7) is 0. The first-order valence-electron chi connectivity index (χ1n) is 6.67. The fourth-order valence-corrected chi connectivity index (χ4v) is 3.03. The number of hydrogen-bond acceptors (Lipinski definition) is 5. The highest BCUT2D eigenvalue weighted by Crippen LogP contribution is 2.36. The van der Waals surface area contributed by atoms with Crippen LogP contribution in [-0.4, -0.2) is 15.9 Å². The molecule has 1 saturated carbocycles. The van der Waals surface area contributed by atoms with Crippen LogP contribution in [0.15, 0.2) is 33.7 Å². The summed E-state index contributed by atoms with van der Waals surface area (Å²) >= 11 is 1.44. The summed E-state index contributed by atoms with van der Waals surface area (Å²) in [5, 5.41) is 3.96. The predicted molar refractivity (Wildman–Crippen MR) is 82.1 cm³/mol. The smallest absolute Gasteiger partial charge is 0.227 e. The molecule has 0 spiro atoms. The third-order valence-corrected chi connectivity index (χ3v) is 4.62. The summed E-state index contributed by atoms with van der Waals surface area (Å²) < 4.78 is 18.6. The molecule has 3 rings (SSSR count). The Balaban J connectivity index is 0.00000161. The fraction of sp³-hybridized carbons (Fsp3) is 0.429. The van der Waals surface area contributed by atoms with Crippen molar-refractivity contribution in [3.8, 4) is 0 Å². The van der Waals surface area contributed by atoms with Gasteiger partial charge in [0.15, 0.2) is 5.82 Å². The quantitative estimate of drug-likeness (QED) is 0.853. The molecule has 21 heavy (non-hydrogen) atoms. The Kier molecular flexibility index (Phi) is 5.24. The van der Waals surface area contributed by atoms with Crippen molar-refractivity contribution < 1.29 is 8.91 Å². The van der Waals surface area contributed by atoms with E-state index in [2.05, 4.69) is 10.1 Å². The van der Waals surface area contributed by atoms with Crippen LogP contribution in [-0.2, 0) is 12.0 Å². The molecular weight excluding hydrogens is 313 g/mol. The number of nitrogens with zero attached hydrogens (tertiary/aromatic N) is 2. The number of aromatic nitrogens is 2. The Morgan fingerprint density at radius 1 is 1.33 bits per heavy atom. The van der Waals surface area contributed by atoms with Crippen molar-refractivity contribution in [2.75, 3.05) is 5.75 Å². The minimum Gasteiger partial charge on any atom is -0.339 e. The zero-order valence-electron chi connectivity index (χ0n) is 11.4. The summed E-state index contributed by atoms with van der Waals surface area (Å²) in [6.07, 6.45) is 3.55. The SMILES string of the molecule is Cl.NC1(c2noc(CCSc3ccccc3F)n2)CCC1. The lowest BCUT2D eigenvalue weighted by Gasteiger charge is -2.34. The summed E-state index contributed by atoms with van der Waals surface area (Å²) in [4.78, 5) is 4.99. The monoisotopic (exact) mass is 329 g/mol. The van der Waals surface area contributed by atoms with Crippen molar-refractivity contribution >= 4 is 24.2 Å². The number of hydrogen-bond donors (Lipinski definition) is 1. The van der Waals surface area contributed by atoms with Crippen LogP contribution in [0.5, 0.6) is 0 Å². The lowest BCUT2D eigenvalue weighted by atomic mass is 9.77. The Hall–Kier alpha value is -1.11. The molecular formula is C14H17ClFN3OS. The topological polar surface area (TPSA) is 64.9 Å². The average molecular weight is 330 g/mol. The van der Waals surface area contributed by atoms with Crippen LogP contribution < -0.4 is 5.73 Å². The molecule has 4 nitrogen and oxygen atoms in total. The first-order valence-corrected chi connectivity index (χ1v) is 7.65. The van der Waals surface area contributed by atoms with Gasteiger partial charge in [0.1, 0.15) is 5.82 Å². The average Bonchev–Trinajstić information content (AvgIpc) is 2.87. The molecule has 2 aromatic rings. The molecule has 1 aromatic carbocycles. The molecule has 1 fully saturated rings. The second-order valence-corrected chi connectivity index (χ2v) is 6.19. The first kappa shape index (κ1) is 16.3. The van der Waals surface area contributed by atoms with Crippen LogP contribution in [0, 0.1) is 5.82 Å². The van der Waals surface area contributed by atoms with Crippen molar-refractivity contribution in [1.29, 1.82) is 0 Å². The normalized spacial score (nSPS) is 16.1. The van der Waals surface area contributed by atoms with E-state index in [4.69, 9.17) is 10.3 Å². The maximum Gasteiger partial charge on any atom is 0.227 e. The maximum atomic E-state index is 13.4. The van der Waals surface area contributed by atoms with E-state index in [1.807, 2.05) is 6.07 Å². The number of benzene rings is 1. The van der Waals surface area contributed by atoms with E-state index < -0.39 is 0 Å². The molecule has 0 saturated heterocycles. The first-order chi connectivity index (χ1) is 9.67. The molecule has 114 valence electrons. The van der Waals surface area contributed by atoms with Crippen LogP contribution in [0.2, 0.25) is 0 Å². The van der Waals surface area contributed by atoms with Gasteiger partial charge in [-0.25, -0.2) is 4.39 Å². The summed E-state index contributed by atoms with van der Waals surface area (Å²) in [5.74, 6) is 1.68. The van der Waals surface area contributed by atoms with Gasteiger partial charge in [0.05, 0.1) is 5.54 Å². The van der Waals surface area contributed by atoms with Crippen LogP contribution in [0.3, 0.4) is 0 Å². The second-order valence-electron chi connectivity index (χ2n) is 5.05. The van der Waals surface area contributed by atoms with Crippen molar-refractivity contribution in [2.24, 2.45) is 5.73 Å². The molecule has 1 aliphatic rings.